The summed E-state index contributed by atoms with van der Waals surface area (Å²) in [5.41, 5.74) is 2.68. The zero-order chi connectivity index (χ0) is 18.5. The first-order valence-electron chi connectivity index (χ1n) is 9.65. The van der Waals surface area contributed by atoms with Crippen LogP contribution in [0.4, 0.5) is 5.82 Å². The van der Waals surface area contributed by atoms with Gasteiger partial charge in [0.15, 0.2) is 0 Å². The first kappa shape index (κ1) is 17.9. The lowest BCUT2D eigenvalue weighted by atomic mass is 10.0. The fourth-order valence-corrected chi connectivity index (χ4v) is 3.76. The lowest BCUT2D eigenvalue weighted by Gasteiger charge is -2.29. The number of nitrogens with zero attached hydrogens (tertiary/aromatic N) is 4. The van der Waals surface area contributed by atoms with E-state index < -0.39 is 0 Å². The summed E-state index contributed by atoms with van der Waals surface area (Å²) < 4.78 is 5.43. The van der Waals surface area contributed by atoms with Crippen LogP contribution in [0.15, 0.2) is 30.9 Å². The maximum Gasteiger partial charge on any atom is 0.255 e. The number of anilines is 1. The number of hydrogen-bond acceptors (Lipinski definition) is 6. The third-order valence-corrected chi connectivity index (χ3v) is 5.31. The normalized spacial score (nSPS) is 19.0. The molecule has 1 atom stereocenters. The molecule has 1 N–H and O–H groups in total. The number of fused-ring (bicyclic) bond motifs is 1. The standard InChI is InChI=1S/C20H25N5O2/c26-20(16-4-2-7-21-11-16)25-9-5-17-18(12-25)23-14-24-19(17)22-8-1-3-15-6-10-27-13-15/h2,4,7,11,14-15H,1,3,5-6,8-10,12-13H2,(H,22,23,24)/t15-/m1/s1. The first-order chi connectivity index (χ1) is 13.3. The smallest absolute Gasteiger partial charge is 0.255 e. The molecule has 2 aliphatic heterocycles. The summed E-state index contributed by atoms with van der Waals surface area (Å²) in [5, 5.41) is 3.47. The molecule has 4 heterocycles. The van der Waals surface area contributed by atoms with Gasteiger partial charge in [-0.25, -0.2) is 9.97 Å². The summed E-state index contributed by atoms with van der Waals surface area (Å²) in [6.07, 6.45) is 9.12. The molecule has 0 aliphatic carbocycles. The van der Waals surface area contributed by atoms with E-state index in [1.807, 2.05) is 4.90 Å². The third-order valence-electron chi connectivity index (χ3n) is 5.31. The van der Waals surface area contributed by atoms with E-state index in [1.54, 1.807) is 30.9 Å². The summed E-state index contributed by atoms with van der Waals surface area (Å²) in [6.45, 7) is 3.90. The van der Waals surface area contributed by atoms with E-state index in [2.05, 4.69) is 20.3 Å². The van der Waals surface area contributed by atoms with Gasteiger partial charge in [-0.05, 0) is 43.7 Å². The summed E-state index contributed by atoms with van der Waals surface area (Å²) in [4.78, 5) is 27.4. The van der Waals surface area contributed by atoms with Gasteiger partial charge < -0.3 is 15.0 Å². The Morgan fingerprint density at radius 1 is 1.37 bits per heavy atom. The topological polar surface area (TPSA) is 80.2 Å². The van der Waals surface area contributed by atoms with Crippen LogP contribution in [-0.4, -0.2) is 52.1 Å². The van der Waals surface area contributed by atoms with Gasteiger partial charge in [0.1, 0.15) is 12.1 Å². The number of carbonyl (C=O) groups is 1. The zero-order valence-corrected chi connectivity index (χ0v) is 15.4. The lowest BCUT2D eigenvalue weighted by Crippen LogP contribution is -2.37. The Hall–Kier alpha value is -2.54. The van der Waals surface area contributed by atoms with Crippen molar-refractivity contribution in [3.05, 3.63) is 47.7 Å². The first-order valence-corrected chi connectivity index (χ1v) is 9.65. The van der Waals surface area contributed by atoms with Gasteiger partial charge in [-0.15, -0.1) is 0 Å². The zero-order valence-electron chi connectivity index (χ0n) is 15.4. The largest absolute Gasteiger partial charge is 0.381 e. The minimum atomic E-state index is 0.000605. The fourth-order valence-electron chi connectivity index (χ4n) is 3.76. The highest BCUT2D eigenvalue weighted by atomic mass is 16.5. The third kappa shape index (κ3) is 4.24. The van der Waals surface area contributed by atoms with Crippen molar-refractivity contribution in [1.82, 2.24) is 19.9 Å². The summed E-state index contributed by atoms with van der Waals surface area (Å²) >= 11 is 0. The molecule has 0 unspecified atom stereocenters. The van der Waals surface area contributed by atoms with Crippen molar-refractivity contribution in [1.29, 1.82) is 0 Å². The van der Waals surface area contributed by atoms with E-state index in [-0.39, 0.29) is 5.91 Å². The molecule has 1 fully saturated rings. The fraction of sp³-hybridized carbons (Fsp3) is 0.500. The van der Waals surface area contributed by atoms with Crippen LogP contribution in [0.2, 0.25) is 0 Å². The van der Waals surface area contributed by atoms with Crippen molar-refractivity contribution < 1.29 is 9.53 Å². The van der Waals surface area contributed by atoms with E-state index in [0.717, 1.165) is 49.7 Å². The molecule has 2 aromatic rings. The highest BCUT2D eigenvalue weighted by molar-refractivity contribution is 5.94. The van der Waals surface area contributed by atoms with Crippen molar-refractivity contribution in [3.63, 3.8) is 0 Å². The molecule has 27 heavy (non-hydrogen) atoms. The molecular formula is C20H25N5O2. The predicted molar refractivity (Wildman–Crippen MR) is 101 cm³/mol. The van der Waals surface area contributed by atoms with Gasteiger partial charge in [-0.2, -0.15) is 0 Å². The van der Waals surface area contributed by atoms with Crippen LogP contribution in [0.3, 0.4) is 0 Å². The van der Waals surface area contributed by atoms with Gasteiger partial charge in [0.25, 0.3) is 5.91 Å². The molecule has 1 amide bonds. The highest BCUT2D eigenvalue weighted by Crippen LogP contribution is 2.24. The lowest BCUT2D eigenvalue weighted by molar-refractivity contribution is 0.0731. The molecule has 0 radical (unpaired) electrons. The van der Waals surface area contributed by atoms with Crippen LogP contribution in [0.25, 0.3) is 0 Å². The van der Waals surface area contributed by atoms with Gasteiger partial charge in [0.05, 0.1) is 17.8 Å². The van der Waals surface area contributed by atoms with E-state index in [4.69, 9.17) is 4.74 Å². The van der Waals surface area contributed by atoms with Crippen molar-refractivity contribution in [2.45, 2.75) is 32.2 Å². The number of nitrogens with one attached hydrogen (secondary N) is 1. The molecule has 2 aliphatic rings. The van der Waals surface area contributed by atoms with Crippen LogP contribution in [0, 0.1) is 5.92 Å². The number of hydrogen-bond donors (Lipinski definition) is 1. The summed E-state index contributed by atoms with van der Waals surface area (Å²) in [6, 6.07) is 3.58. The van der Waals surface area contributed by atoms with Crippen LogP contribution in [0.5, 0.6) is 0 Å². The number of amides is 1. The predicted octanol–water partition coefficient (Wildman–Crippen LogP) is 2.30. The molecule has 0 spiro atoms. The SMILES string of the molecule is O=C(c1cccnc1)N1CCc2c(ncnc2NCCC[C@@H]2CCOC2)C1. The molecule has 0 bridgehead atoms. The minimum absolute atomic E-state index is 0.000605. The second-order valence-corrected chi connectivity index (χ2v) is 7.16. The van der Waals surface area contributed by atoms with Gasteiger partial charge in [0, 0.05) is 44.3 Å². The molecule has 7 nitrogen and oxygen atoms in total. The average Bonchev–Trinajstić information content (AvgIpc) is 3.24. The molecule has 142 valence electrons. The van der Waals surface area contributed by atoms with E-state index >= 15 is 0 Å². The van der Waals surface area contributed by atoms with Gasteiger partial charge in [0.2, 0.25) is 0 Å². The molecule has 1 saturated heterocycles. The maximum absolute atomic E-state index is 12.6. The quantitative estimate of drug-likeness (QED) is 0.789. The Morgan fingerprint density at radius 3 is 3.15 bits per heavy atom. The van der Waals surface area contributed by atoms with E-state index in [9.17, 15) is 4.79 Å². The Balaban J connectivity index is 1.35. The van der Waals surface area contributed by atoms with Crippen molar-refractivity contribution in [2.75, 3.05) is 31.6 Å². The van der Waals surface area contributed by atoms with Crippen molar-refractivity contribution in [2.24, 2.45) is 5.92 Å². The van der Waals surface area contributed by atoms with E-state index in [0.29, 0.717) is 24.6 Å². The second-order valence-electron chi connectivity index (χ2n) is 7.16. The Kier molecular flexibility index (Phi) is 5.58. The summed E-state index contributed by atoms with van der Waals surface area (Å²) in [7, 11) is 0. The Morgan fingerprint density at radius 2 is 2.33 bits per heavy atom. The Labute approximate surface area is 159 Å². The molecule has 2 aromatic heterocycles. The molecular weight excluding hydrogens is 342 g/mol. The monoisotopic (exact) mass is 367 g/mol. The van der Waals surface area contributed by atoms with Crippen LogP contribution < -0.4 is 5.32 Å². The van der Waals surface area contributed by atoms with Crippen LogP contribution in [-0.2, 0) is 17.7 Å². The van der Waals surface area contributed by atoms with Gasteiger partial charge >= 0.3 is 0 Å². The summed E-state index contributed by atoms with van der Waals surface area (Å²) in [5.74, 6) is 1.62. The molecule has 7 heteroatoms. The highest BCUT2D eigenvalue weighted by Gasteiger charge is 2.25. The van der Waals surface area contributed by atoms with Gasteiger partial charge in [-0.1, -0.05) is 0 Å². The van der Waals surface area contributed by atoms with Crippen LogP contribution >= 0.6 is 0 Å². The number of pyridine rings is 1. The number of rotatable bonds is 6. The maximum atomic E-state index is 12.6. The van der Waals surface area contributed by atoms with Gasteiger partial charge in [-0.3, -0.25) is 9.78 Å². The number of aromatic nitrogens is 3. The molecule has 4 rings (SSSR count). The minimum Gasteiger partial charge on any atom is -0.381 e. The average molecular weight is 367 g/mol. The second kappa shape index (κ2) is 8.43. The Bertz CT molecular complexity index is 777. The molecule has 0 saturated carbocycles. The van der Waals surface area contributed by atoms with Crippen LogP contribution in [0.1, 0.15) is 40.9 Å². The van der Waals surface area contributed by atoms with Crippen molar-refractivity contribution >= 4 is 11.7 Å². The molecule has 0 aromatic carbocycles. The number of carbonyl (C=O) groups excluding carboxylic acids is 1. The van der Waals surface area contributed by atoms with Crippen molar-refractivity contribution in [3.8, 4) is 0 Å². The van der Waals surface area contributed by atoms with E-state index in [1.165, 1.54) is 12.8 Å². The number of ether oxygens (including phenoxy) is 1.